The topological polar surface area (TPSA) is 42.0 Å². The minimum Gasteiger partial charge on any atom is -0.334 e. The zero-order chi connectivity index (χ0) is 46.1. The van der Waals surface area contributed by atoms with Crippen molar-refractivity contribution in [2.24, 2.45) is 15.0 Å². The summed E-state index contributed by atoms with van der Waals surface area (Å²) in [5.41, 5.74) is 12.8. The predicted octanol–water partition coefficient (Wildman–Crippen LogP) is 16.0. The Labute approximate surface area is 383 Å². The van der Waals surface area contributed by atoms with Crippen LogP contribution in [0.15, 0.2) is 221 Å². The average Bonchev–Trinajstić information content (AvgIpc) is 3.80. The highest BCUT2D eigenvalue weighted by Gasteiger charge is 2.47. The molecular formula is C60H64N4. The molecule has 1 heterocycles. The van der Waals surface area contributed by atoms with Crippen LogP contribution in [-0.2, 0) is 5.41 Å². The molecule has 4 heteroatoms. The van der Waals surface area contributed by atoms with Crippen LogP contribution in [0.5, 0.6) is 0 Å². The smallest absolute Gasteiger partial charge is 0.160 e. The second kappa shape index (κ2) is 23.3. The van der Waals surface area contributed by atoms with Crippen LogP contribution in [-0.4, -0.2) is 29.5 Å². The number of rotatable bonds is 16. The number of hydrogen-bond acceptors (Lipinski definition) is 1. The molecule has 0 radical (unpaired) electrons. The number of aliphatic imine (C=N–C) groups is 3. The minimum absolute atomic E-state index is 0.0776. The maximum absolute atomic E-state index is 5.04. The van der Waals surface area contributed by atoms with E-state index in [1.165, 1.54) is 27.8 Å². The zero-order valence-corrected chi connectivity index (χ0v) is 38.9. The van der Waals surface area contributed by atoms with Gasteiger partial charge in [-0.15, -0.1) is 0 Å². The Kier molecular flexibility index (Phi) is 17.4. The van der Waals surface area contributed by atoms with Crippen molar-refractivity contribution in [3.8, 4) is 11.1 Å². The Morgan fingerprint density at radius 3 is 2.08 bits per heavy atom. The number of benzene rings is 4. The average molecular weight is 841 g/mol. The molecule has 1 aliphatic carbocycles. The van der Waals surface area contributed by atoms with Crippen LogP contribution >= 0.6 is 0 Å². The Morgan fingerprint density at radius 2 is 1.45 bits per heavy atom. The molecular weight excluding hydrogens is 777 g/mol. The molecule has 4 aromatic carbocycles. The third kappa shape index (κ3) is 9.72. The second-order valence-corrected chi connectivity index (χ2v) is 15.0. The van der Waals surface area contributed by atoms with Gasteiger partial charge in [-0.3, -0.25) is 4.99 Å². The number of amidine groups is 2. The van der Waals surface area contributed by atoms with Gasteiger partial charge in [0.1, 0.15) is 0 Å². The number of hydrogen-bond donors (Lipinski definition) is 0. The highest BCUT2D eigenvalue weighted by Crippen LogP contribution is 2.58. The first-order valence-corrected chi connectivity index (χ1v) is 22.4. The number of nitrogens with zero attached hydrogens (tertiary/aromatic N) is 4. The van der Waals surface area contributed by atoms with Crippen molar-refractivity contribution in [1.82, 2.24) is 4.57 Å². The van der Waals surface area contributed by atoms with E-state index in [0.29, 0.717) is 18.2 Å². The third-order valence-electron chi connectivity index (χ3n) is 11.3. The summed E-state index contributed by atoms with van der Waals surface area (Å²) in [5, 5.41) is 1.15. The van der Waals surface area contributed by atoms with Gasteiger partial charge in [-0.05, 0) is 98.0 Å². The van der Waals surface area contributed by atoms with E-state index in [0.717, 1.165) is 50.9 Å². The van der Waals surface area contributed by atoms with Crippen LogP contribution < -0.4 is 0 Å². The summed E-state index contributed by atoms with van der Waals surface area (Å²) in [4.78, 5) is 14.4. The van der Waals surface area contributed by atoms with Crippen LogP contribution in [0, 0.1) is 0 Å². The summed E-state index contributed by atoms with van der Waals surface area (Å²) < 4.78 is 2.43. The first-order valence-electron chi connectivity index (χ1n) is 22.4. The number of aromatic nitrogens is 1. The fourth-order valence-electron chi connectivity index (χ4n) is 8.66. The van der Waals surface area contributed by atoms with Gasteiger partial charge >= 0.3 is 0 Å². The van der Waals surface area contributed by atoms with E-state index in [1.807, 2.05) is 94.5 Å². The SMILES string of the molecule is C=C/C=C(\C=C/C)CN=C(N=C(N=C)C(/C=C\C(C)n1c(/C=C\CC)c(C=C)c2cc3c(cc21)-c1ccccc1C3(C(/C=C\C)=C/C=C)c1ccccc1)=C/C)c1ccccc1.CC. The van der Waals surface area contributed by atoms with E-state index in [1.54, 1.807) is 6.08 Å². The van der Waals surface area contributed by atoms with Crippen molar-refractivity contribution < 1.29 is 0 Å². The fraction of sp³-hybridized carbons (Fsp3) is 0.183. The molecule has 0 spiro atoms. The molecule has 324 valence electrons. The quantitative estimate of drug-likeness (QED) is 0.0540. The van der Waals surface area contributed by atoms with Gasteiger partial charge in [0.2, 0.25) is 0 Å². The van der Waals surface area contributed by atoms with E-state index >= 15 is 0 Å². The van der Waals surface area contributed by atoms with Crippen molar-refractivity contribution in [1.29, 1.82) is 0 Å². The summed E-state index contributed by atoms with van der Waals surface area (Å²) >= 11 is 0. The Bertz CT molecular complexity index is 2740. The predicted molar refractivity (Wildman–Crippen MR) is 283 cm³/mol. The number of allylic oxidation sites excluding steroid dienone is 11. The van der Waals surface area contributed by atoms with Crippen LogP contribution in [0.25, 0.3) is 34.2 Å². The molecule has 6 rings (SSSR count). The molecule has 0 fully saturated rings. The second-order valence-electron chi connectivity index (χ2n) is 15.0. The maximum atomic E-state index is 5.04. The van der Waals surface area contributed by atoms with Gasteiger partial charge < -0.3 is 4.57 Å². The first-order chi connectivity index (χ1) is 31.4. The summed E-state index contributed by atoms with van der Waals surface area (Å²) in [6, 6.07) is 34.5. The van der Waals surface area contributed by atoms with Gasteiger partial charge in [-0.2, -0.15) is 0 Å². The van der Waals surface area contributed by atoms with Crippen molar-refractivity contribution in [2.45, 2.75) is 66.3 Å². The Morgan fingerprint density at radius 1 is 0.781 bits per heavy atom. The summed E-state index contributed by atoms with van der Waals surface area (Å²) in [6.07, 6.45) is 29.9. The van der Waals surface area contributed by atoms with E-state index < -0.39 is 5.41 Å². The molecule has 0 aliphatic heterocycles. The molecule has 0 bridgehead atoms. The van der Waals surface area contributed by atoms with Gasteiger partial charge in [0.15, 0.2) is 11.7 Å². The lowest BCUT2D eigenvalue weighted by Crippen LogP contribution is -2.29. The van der Waals surface area contributed by atoms with Gasteiger partial charge in [-0.25, -0.2) is 9.98 Å². The van der Waals surface area contributed by atoms with Crippen LogP contribution in [0.2, 0.25) is 0 Å². The first kappa shape index (κ1) is 47.9. The normalized spacial score (nSPS) is 16.3. The molecule has 4 nitrogen and oxygen atoms in total. The van der Waals surface area contributed by atoms with Crippen molar-refractivity contribution in [2.75, 3.05) is 6.54 Å². The largest absolute Gasteiger partial charge is 0.334 e. The van der Waals surface area contributed by atoms with Crippen molar-refractivity contribution in [3.05, 3.63) is 240 Å². The van der Waals surface area contributed by atoms with Crippen LogP contribution in [0.4, 0.5) is 0 Å². The van der Waals surface area contributed by atoms with E-state index in [9.17, 15) is 0 Å². The van der Waals surface area contributed by atoms with E-state index in [4.69, 9.17) is 9.98 Å². The van der Waals surface area contributed by atoms with Gasteiger partial charge in [-0.1, -0.05) is 204 Å². The molecule has 5 aromatic rings. The molecule has 0 saturated heterocycles. The summed E-state index contributed by atoms with van der Waals surface area (Å²) in [7, 11) is 0. The van der Waals surface area contributed by atoms with Crippen molar-refractivity contribution >= 4 is 41.4 Å². The Hall–Kier alpha value is -7.17. The molecule has 64 heavy (non-hydrogen) atoms. The standard InChI is InChI=1S/C58H58N4.C2H6/c1-10-17-36-54-48(16-7)51-39-53-50(49-34-24-25-35-52(49)58(53,46(28-13-4)29-14-5)47-32-22-19-23-33-47)40-55(51)62(54)42(8)37-38-44(15-6)56(59-9)61-57(45-30-20-18-21-31-45)60-41-43(26-11-2)27-12-3;1-2/h11-40,42H,2,4,7,9-10,41H2,1,3,5-6,8H3;1-2H3/b27-12-,29-14-,36-17-,38-37-,43-26+,44-15+,46-28+,60-57?,61-56?;. The third-order valence-corrected chi connectivity index (χ3v) is 11.3. The lowest BCUT2D eigenvalue weighted by molar-refractivity contribution is 0.681. The van der Waals surface area contributed by atoms with E-state index in [-0.39, 0.29) is 6.04 Å². The van der Waals surface area contributed by atoms with E-state index in [2.05, 4.69) is 166 Å². The van der Waals surface area contributed by atoms with Crippen LogP contribution in [0.3, 0.4) is 0 Å². The lowest BCUT2D eigenvalue weighted by atomic mass is 9.66. The maximum Gasteiger partial charge on any atom is 0.160 e. The minimum atomic E-state index is -0.570. The molecule has 0 N–H and O–H groups in total. The molecule has 1 aromatic heterocycles. The highest BCUT2D eigenvalue weighted by molar-refractivity contribution is 6.13. The molecule has 1 aliphatic rings. The zero-order valence-electron chi connectivity index (χ0n) is 38.9. The van der Waals surface area contributed by atoms with Gasteiger partial charge in [0, 0.05) is 33.8 Å². The molecule has 0 amide bonds. The lowest BCUT2D eigenvalue weighted by Gasteiger charge is -2.34. The van der Waals surface area contributed by atoms with Gasteiger partial charge in [0.05, 0.1) is 17.5 Å². The molecule has 2 unspecified atom stereocenters. The molecule has 0 saturated carbocycles. The monoisotopic (exact) mass is 841 g/mol. The summed E-state index contributed by atoms with van der Waals surface area (Å²) in [5.74, 6) is 1.07. The molecule has 2 atom stereocenters. The van der Waals surface area contributed by atoms with Gasteiger partial charge in [0.25, 0.3) is 0 Å². The van der Waals surface area contributed by atoms with Crippen molar-refractivity contribution in [3.63, 3.8) is 0 Å². The number of fused-ring (bicyclic) bond motifs is 4. The Balaban J connectivity index is 0.00000380. The summed E-state index contributed by atoms with van der Waals surface area (Å²) in [6.45, 7) is 31.3. The van der Waals surface area contributed by atoms with Crippen LogP contribution in [0.1, 0.15) is 94.4 Å². The fourth-order valence-corrected chi connectivity index (χ4v) is 8.66. The highest BCUT2D eigenvalue weighted by atomic mass is 15.0.